The van der Waals surface area contributed by atoms with Gasteiger partial charge in [0.25, 0.3) is 5.91 Å². The minimum Gasteiger partial charge on any atom is -0.493 e. The van der Waals surface area contributed by atoms with Crippen molar-refractivity contribution in [3.63, 3.8) is 0 Å². The summed E-state index contributed by atoms with van der Waals surface area (Å²) in [7, 11) is 0. The molecule has 0 radical (unpaired) electrons. The highest BCUT2D eigenvalue weighted by molar-refractivity contribution is 6.30. The molecule has 186 valence electrons. The number of piperazine rings is 1. The van der Waals surface area contributed by atoms with Gasteiger partial charge in [-0.25, -0.2) is 4.98 Å². The fourth-order valence-corrected chi connectivity index (χ4v) is 4.89. The van der Waals surface area contributed by atoms with Crippen molar-refractivity contribution in [2.75, 3.05) is 32.8 Å². The van der Waals surface area contributed by atoms with Crippen LogP contribution in [0.5, 0.6) is 5.75 Å². The topological polar surface area (TPSA) is 50.6 Å². The number of aryl methyl sites for hydroxylation is 2. The lowest BCUT2D eigenvalue weighted by atomic mass is 9.96. The van der Waals surface area contributed by atoms with Gasteiger partial charge in [0.2, 0.25) is 0 Å². The van der Waals surface area contributed by atoms with Crippen molar-refractivity contribution in [1.82, 2.24) is 19.4 Å². The highest BCUT2D eigenvalue weighted by atomic mass is 35.5. The van der Waals surface area contributed by atoms with Crippen molar-refractivity contribution in [3.05, 3.63) is 81.9 Å². The summed E-state index contributed by atoms with van der Waals surface area (Å²) in [5.41, 5.74) is 4.49. The smallest absolute Gasteiger partial charge is 0.253 e. The Morgan fingerprint density at radius 2 is 1.74 bits per heavy atom. The van der Waals surface area contributed by atoms with Gasteiger partial charge < -0.3 is 14.2 Å². The maximum Gasteiger partial charge on any atom is 0.253 e. The summed E-state index contributed by atoms with van der Waals surface area (Å²) in [5, 5.41) is 0.645. The van der Waals surface area contributed by atoms with Gasteiger partial charge in [-0.3, -0.25) is 9.69 Å². The van der Waals surface area contributed by atoms with Gasteiger partial charge in [-0.15, -0.1) is 0 Å². The quantitative estimate of drug-likeness (QED) is 0.391. The number of amides is 1. The fraction of sp³-hybridized carbons (Fsp3) is 0.429. The molecule has 1 aliphatic heterocycles. The predicted molar refractivity (Wildman–Crippen MR) is 140 cm³/mol. The summed E-state index contributed by atoms with van der Waals surface area (Å²) in [6, 6.07) is 11.7. The van der Waals surface area contributed by atoms with E-state index in [9.17, 15) is 4.79 Å². The Morgan fingerprint density at radius 3 is 2.40 bits per heavy atom. The first-order chi connectivity index (χ1) is 16.8. The summed E-state index contributed by atoms with van der Waals surface area (Å²) < 4.78 is 8.27. The van der Waals surface area contributed by atoms with Crippen LogP contribution in [0.2, 0.25) is 5.02 Å². The Hall–Kier alpha value is -2.83. The maximum atomic E-state index is 12.8. The van der Waals surface area contributed by atoms with Crippen LogP contribution in [0.3, 0.4) is 0 Å². The number of rotatable bonds is 8. The van der Waals surface area contributed by atoms with E-state index in [-0.39, 0.29) is 11.9 Å². The van der Waals surface area contributed by atoms with E-state index in [2.05, 4.69) is 47.4 Å². The van der Waals surface area contributed by atoms with Crippen molar-refractivity contribution in [2.24, 2.45) is 0 Å². The molecule has 3 aromatic rings. The molecule has 1 fully saturated rings. The second kappa shape index (κ2) is 11.3. The van der Waals surface area contributed by atoms with Crippen LogP contribution in [-0.2, 0) is 6.54 Å². The molecular formula is C28H35ClN4O2. The first-order valence-electron chi connectivity index (χ1n) is 12.3. The van der Waals surface area contributed by atoms with E-state index in [1.807, 2.05) is 24.2 Å². The van der Waals surface area contributed by atoms with Crippen LogP contribution >= 0.6 is 11.6 Å². The molecule has 1 aliphatic rings. The molecule has 7 heteroatoms. The lowest BCUT2D eigenvalue weighted by Crippen LogP contribution is -2.49. The lowest BCUT2D eigenvalue weighted by Gasteiger charge is -2.39. The van der Waals surface area contributed by atoms with Gasteiger partial charge in [-0.2, -0.15) is 0 Å². The number of carbonyl (C=O) groups excluding carboxylic acids is 1. The van der Waals surface area contributed by atoms with Crippen molar-refractivity contribution in [2.45, 2.75) is 46.7 Å². The maximum absolute atomic E-state index is 12.8. The Kier molecular flexibility index (Phi) is 8.14. The number of aromatic nitrogens is 2. The minimum absolute atomic E-state index is 0.0747. The van der Waals surface area contributed by atoms with E-state index < -0.39 is 0 Å². The third kappa shape index (κ3) is 5.88. The van der Waals surface area contributed by atoms with Gasteiger partial charge in [0.1, 0.15) is 11.6 Å². The molecule has 2 aromatic carbocycles. The fourth-order valence-electron chi connectivity index (χ4n) is 4.77. The Bertz CT molecular complexity index is 1150. The largest absolute Gasteiger partial charge is 0.493 e. The van der Waals surface area contributed by atoms with E-state index in [1.165, 1.54) is 16.7 Å². The van der Waals surface area contributed by atoms with Crippen LogP contribution < -0.4 is 4.74 Å². The average Bonchev–Trinajstić information content (AvgIpc) is 3.28. The van der Waals surface area contributed by atoms with Crippen LogP contribution in [0.25, 0.3) is 0 Å². The summed E-state index contributed by atoms with van der Waals surface area (Å²) in [4.78, 5) is 21.5. The SMILES string of the molecule is Cc1c(OCCCn2ccnc2C)ccc([C@@H](C)N2CCN(C(=O)c3ccc(Cl)cc3)CC2)c1C. The van der Waals surface area contributed by atoms with E-state index in [1.54, 1.807) is 24.3 Å². The van der Waals surface area contributed by atoms with Crippen LogP contribution in [0.1, 0.15) is 52.3 Å². The highest BCUT2D eigenvalue weighted by Crippen LogP contribution is 2.31. The van der Waals surface area contributed by atoms with Crippen molar-refractivity contribution in [3.8, 4) is 5.75 Å². The number of halogens is 1. The Labute approximate surface area is 213 Å². The summed E-state index contributed by atoms with van der Waals surface area (Å²) in [5.74, 6) is 2.07. The summed E-state index contributed by atoms with van der Waals surface area (Å²) in [6.45, 7) is 13.3. The highest BCUT2D eigenvalue weighted by Gasteiger charge is 2.26. The number of benzene rings is 2. The zero-order valence-corrected chi connectivity index (χ0v) is 21.9. The Morgan fingerprint density at radius 1 is 1.03 bits per heavy atom. The first-order valence-corrected chi connectivity index (χ1v) is 12.7. The number of nitrogens with zero attached hydrogens (tertiary/aromatic N) is 4. The van der Waals surface area contributed by atoms with Crippen LogP contribution in [-0.4, -0.2) is 58.0 Å². The minimum atomic E-state index is 0.0747. The predicted octanol–water partition coefficient (Wildman–Crippen LogP) is 5.45. The molecule has 0 spiro atoms. The Balaban J connectivity index is 1.31. The van der Waals surface area contributed by atoms with Crippen molar-refractivity contribution >= 4 is 17.5 Å². The number of ether oxygens (including phenoxy) is 1. The number of hydrogen-bond donors (Lipinski definition) is 0. The molecule has 1 atom stereocenters. The van der Waals surface area contributed by atoms with Gasteiger partial charge in [-0.05, 0) is 81.1 Å². The van der Waals surface area contributed by atoms with Gasteiger partial charge in [0, 0.05) is 61.7 Å². The second-order valence-electron chi connectivity index (χ2n) is 9.28. The molecule has 1 amide bonds. The first kappa shape index (κ1) is 25.3. The van der Waals surface area contributed by atoms with Crippen molar-refractivity contribution in [1.29, 1.82) is 0 Å². The number of hydrogen-bond acceptors (Lipinski definition) is 4. The van der Waals surface area contributed by atoms with Crippen LogP contribution in [0, 0.1) is 20.8 Å². The molecule has 35 heavy (non-hydrogen) atoms. The van der Waals surface area contributed by atoms with Gasteiger partial charge in [-0.1, -0.05) is 17.7 Å². The monoisotopic (exact) mass is 494 g/mol. The van der Waals surface area contributed by atoms with Gasteiger partial charge in [0.05, 0.1) is 6.61 Å². The lowest BCUT2D eigenvalue weighted by molar-refractivity contribution is 0.0581. The third-order valence-corrected chi connectivity index (χ3v) is 7.45. The number of imidazole rings is 1. The van der Waals surface area contributed by atoms with E-state index in [0.717, 1.165) is 50.7 Å². The van der Waals surface area contributed by atoms with Crippen LogP contribution in [0.15, 0.2) is 48.8 Å². The molecule has 1 aromatic heterocycles. The molecule has 4 rings (SSSR count). The summed E-state index contributed by atoms with van der Waals surface area (Å²) in [6.07, 6.45) is 4.78. The molecule has 1 saturated heterocycles. The standard InChI is InChI=1S/C28H35ClN4O2/c1-20-21(2)27(35-19-5-13-32-14-12-30-23(32)4)11-10-26(20)22(3)31-15-17-33(18-16-31)28(34)24-6-8-25(29)9-7-24/h6-12,14,22H,5,13,15-19H2,1-4H3/t22-/m1/s1. The molecular weight excluding hydrogens is 460 g/mol. The molecule has 2 heterocycles. The molecule has 0 aliphatic carbocycles. The molecule has 0 bridgehead atoms. The number of carbonyl (C=O) groups is 1. The second-order valence-corrected chi connectivity index (χ2v) is 9.72. The third-order valence-electron chi connectivity index (χ3n) is 7.19. The van der Waals surface area contributed by atoms with Crippen molar-refractivity contribution < 1.29 is 9.53 Å². The van der Waals surface area contributed by atoms with Gasteiger partial charge in [0.15, 0.2) is 0 Å². The van der Waals surface area contributed by atoms with Crippen LogP contribution in [0.4, 0.5) is 0 Å². The molecule has 6 nitrogen and oxygen atoms in total. The van der Waals surface area contributed by atoms with E-state index >= 15 is 0 Å². The zero-order valence-electron chi connectivity index (χ0n) is 21.1. The zero-order chi connectivity index (χ0) is 24.9. The average molecular weight is 495 g/mol. The molecule has 0 saturated carbocycles. The normalized spacial score (nSPS) is 15.3. The van der Waals surface area contributed by atoms with E-state index in [4.69, 9.17) is 16.3 Å². The molecule has 0 unspecified atom stereocenters. The summed E-state index contributed by atoms with van der Waals surface area (Å²) >= 11 is 5.96. The van der Waals surface area contributed by atoms with Gasteiger partial charge >= 0.3 is 0 Å². The van der Waals surface area contributed by atoms with E-state index in [0.29, 0.717) is 17.2 Å². The molecule has 0 N–H and O–H groups in total.